The van der Waals surface area contributed by atoms with Crippen molar-refractivity contribution in [2.75, 3.05) is 26.9 Å². The summed E-state index contributed by atoms with van der Waals surface area (Å²) in [4.78, 5) is 0. The standard InChI is InChI=1S/C21H37NO6S2Si/c1-20(2,3)29(23)19(28-12-13-31(5,6)7)22-21(15-27-16-21)18-10-8-17(9-11-18)14-30(24,25)26-4/h8-11,19,22H,12-16H2,1-7H3. The van der Waals surface area contributed by atoms with E-state index in [0.717, 1.165) is 18.7 Å². The normalized spacial score (nSPS) is 18.9. The lowest BCUT2D eigenvalue weighted by Crippen LogP contribution is -2.62. The summed E-state index contributed by atoms with van der Waals surface area (Å²) in [6.07, 6.45) is 0. The zero-order valence-electron chi connectivity index (χ0n) is 19.7. The second-order valence-electron chi connectivity index (χ2n) is 10.2. The number of ether oxygens (including phenoxy) is 2. The first-order chi connectivity index (χ1) is 14.2. The van der Waals surface area contributed by atoms with Crippen molar-refractivity contribution < 1.29 is 26.3 Å². The molecule has 0 aromatic heterocycles. The highest BCUT2D eigenvalue weighted by molar-refractivity contribution is 7.86. The van der Waals surface area contributed by atoms with Gasteiger partial charge in [0.05, 0.1) is 36.7 Å². The van der Waals surface area contributed by atoms with Crippen LogP contribution in [0.5, 0.6) is 0 Å². The molecule has 1 aromatic carbocycles. The Bertz CT molecular complexity index is 855. The van der Waals surface area contributed by atoms with Gasteiger partial charge in [-0.15, -0.1) is 0 Å². The molecule has 178 valence electrons. The largest absolute Gasteiger partial charge is 0.377 e. The van der Waals surface area contributed by atoms with Gasteiger partial charge in [0, 0.05) is 19.4 Å². The van der Waals surface area contributed by atoms with E-state index >= 15 is 0 Å². The second-order valence-corrected chi connectivity index (χ2v) is 19.8. The van der Waals surface area contributed by atoms with E-state index in [1.807, 2.05) is 32.9 Å². The topological polar surface area (TPSA) is 90.9 Å². The lowest BCUT2D eigenvalue weighted by molar-refractivity contribution is -0.0984. The summed E-state index contributed by atoms with van der Waals surface area (Å²) in [5.74, 6) is -0.183. The van der Waals surface area contributed by atoms with E-state index in [1.165, 1.54) is 0 Å². The Kier molecular flexibility index (Phi) is 8.68. The highest BCUT2D eigenvalue weighted by Crippen LogP contribution is 2.32. The zero-order chi connectivity index (χ0) is 23.5. The SMILES string of the molecule is COS(=O)(=O)Cc1ccc(C2(NC(OCC[Si](C)(C)C)S(=O)C(C)(C)C)COC2)cc1. The fraction of sp³-hybridized carbons (Fsp3) is 0.714. The Morgan fingerprint density at radius 2 is 1.77 bits per heavy atom. The van der Waals surface area contributed by atoms with Crippen LogP contribution in [0.2, 0.25) is 25.7 Å². The Labute approximate surface area is 190 Å². The summed E-state index contributed by atoms with van der Waals surface area (Å²) >= 11 is 0. The van der Waals surface area contributed by atoms with Crippen molar-refractivity contribution in [2.24, 2.45) is 0 Å². The van der Waals surface area contributed by atoms with Gasteiger partial charge in [-0.3, -0.25) is 13.7 Å². The summed E-state index contributed by atoms with van der Waals surface area (Å²) < 4.78 is 52.4. The molecular weight excluding hydrogens is 454 g/mol. The smallest absolute Gasteiger partial charge is 0.271 e. The monoisotopic (exact) mass is 491 g/mol. The maximum absolute atomic E-state index is 13.2. The van der Waals surface area contributed by atoms with E-state index in [4.69, 9.17) is 9.47 Å². The summed E-state index contributed by atoms with van der Waals surface area (Å²) in [6.45, 7) is 14.1. The molecule has 0 bridgehead atoms. The molecule has 2 unspecified atom stereocenters. The van der Waals surface area contributed by atoms with Crippen molar-refractivity contribution in [2.45, 2.75) is 68.1 Å². The predicted octanol–water partition coefficient (Wildman–Crippen LogP) is 3.16. The lowest BCUT2D eigenvalue weighted by Gasteiger charge is -2.45. The van der Waals surface area contributed by atoms with Gasteiger partial charge in [-0.05, 0) is 37.9 Å². The first-order valence-corrected chi connectivity index (χ1v) is 16.9. The van der Waals surface area contributed by atoms with Crippen LogP contribution in [0.3, 0.4) is 0 Å². The molecule has 1 fully saturated rings. The van der Waals surface area contributed by atoms with Gasteiger partial charge in [0.2, 0.25) is 0 Å². The maximum Gasteiger partial charge on any atom is 0.271 e. The summed E-state index contributed by atoms with van der Waals surface area (Å²) in [7, 11) is -4.99. The minimum atomic E-state index is -3.58. The molecule has 7 nitrogen and oxygen atoms in total. The van der Waals surface area contributed by atoms with Gasteiger partial charge in [0.25, 0.3) is 10.1 Å². The van der Waals surface area contributed by atoms with E-state index in [9.17, 15) is 12.6 Å². The molecular formula is C21H37NO6S2Si. The highest BCUT2D eigenvalue weighted by Gasteiger charge is 2.44. The van der Waals surface area contributed by atoms with Crippen LogP contribution in [-0.2, 0) is 45.9 Å². The quantitative estimate of drug-likeness (QED) is 0.289. The van der Waals surface area contributed by atoms with E-state index in [1.54, 1.807) is 12.1 Å². The Hall–Kier alpha value is -0.623. The van der Waals surface area contributed by atoms with Crippen molar-refractivity contribution in [3.8, 4) is 0 Å². The molecule has 0 amide bonds. The lowest BCUT2D eigenvalue weighted by atomic mass is 9.88. The average molecular weight is 492 g/mol. The molecule has 2 rings (SSSR count). The summed E-state index contributed by atoms with van der Waals surface area (Å²) in [5, 5.41) is 3.48. The van der Waals surface area contributed by atoms with Gasteiger partial charge in [-0.25, -0.2) is 0 Å². The molecule has 0 aliphatic carbocycles. The van der Waals surface area contributed by atoms with Crippen LogP contribution in [0.15, 0.2) is 24.3 Å². The number of hydrogen-bond donors (Lipinski definition) is 1. The van der Waals surface area contributed by atoms with Gasteiger partial charge in [0.15, 0.2) is 5.56 Å². The number of benzene rings is 1. The van der Waals surface area contributed by atoms with E-state index in [-0.39, 0.29) is 5.75 Å². The first kappa shape index (κ1) is 26.6. The molecule has 2 atom stereocenters. The minimum Gasteiger partial charge on any atom is -0.377 e. The Morgan fingerprint density at radius 1 is 1.19 bits per heavy atom. The van der Waals surface area contributed by atoms with Gasteiger partial charge in [-0.1, -0.05) is 43.9 Å². The van der Waals surface area contributed by atoms with E-state index in [2.05, 4.69) is 29.1 Å². The van der Waals surface area contributed by atoms with Crippen molar-refractivity contribution in [1.29, 1.82) is 0 Å². The number of hydrogen-bond acceptors (Lipinski definition) is 7. The van der Waals surface area contributed by atoms with E-state index < -0.39 is 44.8 Å². The third-order valence-corrected chi connectivity index (χ3v) is 9.86. The Morgan fingerprint density at radius 3 is 2.19 bits per heavy atom. The fourth-order valence-electron chi connectivity index (χ4n) is 3.00. The third kappa shape index (κ3) is 7.73. The second kappa shape index (κ2) is 10.1. The number of rotatable bonds is 11. The maximum atomic E-state index is 13.2. The highest BCUT2D eigenvalue weighted by atomic mass is 32.2. The van der Waals surface area contributed by atoms with Crippen LogP contribution in [0.4, 0.5) is 0 Å². The molecule has 1 aliphatic rings. The molecule has 10 heteroatoms. The van der Waals surface area contributed by atoms with Gasteiger partial charge in [0.1, 0.15) is 5.75 Å². The molecule has 1 saturated heterocycles. The fourth-order valence-corrected chi connectivity index (χ4v) is 5.64. The van der Waals surface area contributed by atoms with Gasteiger partial charge < -0.3 is 9.47 Å². The van der Waals surface area contributed by atoms with Crippen LogP contribution in [0, 0.1) is 0 Å². The predicted molar refractivity (Wildman–Crippen MR) is 127 cm³/mol. The molecule has 1 aromatic rings. The molecule has 0 radical (unpaired) electrons. The first-order valence-electron chi connectivity index (χ1n) is 10.4. The Balaban J connectivity index is 2.21. The molecule has 1 N–H and O–H groups in total. The van der Waals surface area contributed by atoms with Gasteiger partial charge in [-0.2, -0.15) is 8.42 Å². The van der Waals surface area contributed by atoms with Crippen molar-refractivity contribution in [1.82, 2.24) is 5.32 Å². The molecule has 1 aliphatic heterocycles. The average Bonchev–Trinajstić information content (AvgIpc) is 2.61. The van der Waals surface area contributed by atoms with Crippen molar-refractivity contribution in [3.63, 3.8) is 0 Å². The molecule has 0 spiro atoms. The van der Waals surface area contributed by atoms with Crippen molar-refractivity contribution >= 4 is 29.0 Å². The summed E-state index contributed by atoms with van der Waals surface area (Å²) in [5.41, 5.74) is 0.432. The third-order valence-electron chi connectivity index (χ3n) is 5.11. The van der Waals surface area contributed by atoms with Gasteiger partial charge >= 0.3 is 0 Å². The van der Waals surface area contributed by atoms with Crippen molar-refractivity contribution in [3.05, 3.63) is 35.4 Å². The molecule has 1 heterocycles. The van der Waals surface area contributed by atoms with Crippen LogP contribution in [-0.4, -0.2) is 57.9 Å². The summed E-state index contributed by atoms with van der Waals surface area (Å²) in [6, 6.07) is 8.30. The van der Waals surface area contributed by atoms with Crippen LogP contribution < -0.4 is 5.32 Å². The van der Waals surface area contributed by atoms with Crippen LogP contribution in [0.1, 0.15) is 31.9 Å². The number of nitrogens with one attached hydrogen (secondary N) is 1. The van der Waals surface area contributed by atoms with Crippen LogP contribution >= 0.6 is 0 Å². The zero-order valence-corrected chi connectivity index (χ0v) is 22.3. The molecule has 0 saturated carbocycles. The molecule has 31 heavy (non-hydrogen) atoms. The minimum absolute atomic E-state index is 0.183. The van der Waals surface area contributed by atoms with E-state index in [0.29, 0.717) is 25.4 Å². The van der Waals surface area contributed by atoms with Crippen LogP contribution in [0.25, 0.3) is 0 Å².